The van der Waals surface area contributed by atoms with Crippen LogP contribution in [0.5, 0.6) is 0 Å². The standard InChI is InChI=1S/C28H37F3O5/c1-5-6-7-8-23(35)36-28(22(34)15-29)16(2)13-19-17-9-10-18-24(30)20(32)11-12-25(18,3)27(17,31)21(33)14-26(19,28)4/h11-12,16-17,19,21,33H,5-10,13-15H2,1-4H3/t16-,17-,19-,21-,25-,26-,27-,28-/m0/s1. The van der Waals surface area contributed by atoms with Gasteiger partial charge < -0.3 is 9.84 Å². The molecular weight excluding hydrogens is 473 g/mol. The monoisotopic (exact) mass is 510 g/mol. The zero-order chi connectivity index (χ0) is 26.7. The molecule has 200 valence electrons. The lowest BCUT2D eigenvalue weighted by molar-refractivity contribution is -0.228. The third-order valence-electron chi connectivity index (χ3n) is 10.1. The Labute approximate surface area is 210 Å². The molecule has 4 aliphatic carbocycles. The second kappa shape index (κ2) is 9.10. The molecule has 0 spiro atoms. The molecule has 0 aromatic rings. The summed E-state index contributed by atoms with van der Waals surface area (Å²) in [4.78, 5) is 38.1. The van der Waals surface area contributed by atoms with Gasteiger partial charge in [0.15, 0.2) is 23.8 Å². The summed E-state index contributed by atoms with van der Waals surface area (Å²) in [6, 6.07) is 0. The number of rotatable bonds is 7. The summed E-state index contributed by atoms with van der Waals surface area (Å²) >= 11 is 0. The number of aliphatic hydroxyl groups is 1. The first kappa shape index (κ1) is 27.1. The first-order chi connectivity index (χ1) is 16.8. The third kappa shape index (κ3) is 3.35. The van der Waals surface area contributed by atoms with Crippen LogP contribution in [0.1, 0.15) is 79.1 Å². The molecule has 1 N–H and O–H groups in total. The Hall–Kier alpha value is -1.96. The minimum atomic E-state index is -2.31. The van der Waals surface area contributed by atoms with Gasteiger partial charge in [-0.15, -0.1) is 0 Å². The number of esters is 1. The van der Waals surface area contributed by atoms with Crippen LogP contribution in [0.3, 0.4) is 0 Å². The molecule has 0 saturated heterocycles. The van der Waals surface area contributed by atoms with E-state index in [4.69, 9.17) is 4.74 Å². The molecule has 4 rings (SSSR count). The van der Waals surface area contributed by atoms with Crippen molar-refractivity contribution in [2.75, 3.05) is 6.67 Å². The molecule has 8 heteroatoms. The van der Waals surface area contributed by atoms with E-state index in [0.29, 0.717) is 12.8 Å². The van der Waals surface area contributed by atoms with E-state index in [1.54, 1.807) is 13.8 Å². The van der Waals surface area contributed by atoms with Gasteiger partial charge in [-0.05, 0) is 56.6 Å². The van der Waals surface area contributed by atoms with Crippen LogP contribution < -0.4 is 0 Å². The van der Waals surface area contributed by atoms with Gasteiger partial charge in [-0.2, -0.15) is 0 Å². The lowest BCUT2D eigenvalue weighted by atomic mass is 9.44. The van der Waals surface area contributed by atoms with E-state index in [-0.39, 0.29) is 31.3 Å². The molecule has 0 heterocycles. The first-order valence-electron chi connectivity index (χ1n) is 13.2. The molecule has 0 amide bonds. The van der Waals surface area contributed by atoms with Crippen LogP contribution in [0.4, 0.5) is 13.2 Å². The predicted octanol–water partition coefficient (Wildman–Crippen LogP) is 5.30. The van der Waals surface area contributed by atoms with Crippen LogP contribution in [0.15, 0.2) is 23.6 Å². The maximum absolute atomic E-state index is 17.3. The number of Topliss-reactive ketones (excluding diaryl/α,β-unsaturated/α-hetero) is 1. The summed E-state index contributed by atoms with van der Waals surface area (Å²) in [5.74, 6) is -5.16. The average molecular weight is 511 g/mol. The van der Waals surface area contributed by atoms with Gasteiger partial charge >= 0.3 is 5.97 Å². The number of alkyl halides is 2. The van der Waals surface area contributed by atoms with E-state index >= 15 is 4.39 Å². The first-order valence-corrected chi connectivity index (χ1v) is 13.2. The summed E-state index contributed by atoms with van der Waals surface area (Å²) in [5.41, 5.74) is -6.82. The minimum Gasteiger partial charge on any atom is -0.450 e. The molecule has 0 aromatic heterocycles. The number of ketones is 2. The van der Waals surface area contributed by atoms with Crippen molar-refractivity contribution in [2.24, 2.45) is 28.6 Å². The van der Waals surface area contributed by atoms with Crippen LogP contribution in [0.25, 0.3) is 0 Å². The topological polar surface area (TPSA) is 80.7 Å². The van der Waals surface area contributed by atoms with Crippen molar-refractivity contribution >= 4 is 17.5 Å². The zero-order valence-electron chi connectivity index (χ0n) is 21.5. The maximum Gasteiger partial charge on any atom is 0.306 e. The number of ether oxygens (including phenoxy) is 1. The summed E-state index contributed by atoms with van der Waals surface area (Å²) in [6.07, 6.45) is 3.43. The van der Waals surface area contributed by atoms with E-state index in [0.717, 1.165) is 18.9 Å². The lowest BCUT2D eigenvalue weighted by Crippen LogP contribution is -2.70. The second-order valence-electron chi connectivity index (χ2n) is 11.7. The van der Waals surface area contributed by atoms with Crippen LogP contribution in [0, 0.1) is 28.6 Å². The molecule has 0 aliphatic heterocycles. The second-order valence-corrected chi connectivity index (χ2v) is 11.7. The Bertz CT molecular complexity index is 1020. The highest BCUT2D eigenvalue weighted by Gasteiger charge is 2.77. The van der Waals surface area contributed by atoms with Crippen molar-refractivity contribution < 1.29 is 37.4 Å². The van der Waals surface area contributed by atoms with Gasteiger partial charge in [0.2, 0.25) is 11.6 Å². The van der Waals surface area contributed by atoms with Crippen molar-refractivity contribution in [3.63, 3.8) is 0 Å². The highest BCUT2D eigenvalue weighted by Crippen LogP contribution is 2.71. The number of carbonyl (C=O) groups is 3. The number of aliphatic hydroxyl groups excluding tert-OH is 1. The minimum absolute atomic E-state index is 0.0518. The van der Waals surface area contributed by atoms with E-state index < -0.39 is 76.0 Å². The molecule has 8 atom stereocenters. The average Bonchev–Trinajstić information content (AvgIpc) is 3.04. The summed E-state index contributed by atoms with van der Waals surface area (Å²) in [7, 11) is 0. The van der Waals surface area contributed by atoms with Crippen LogP contribution in [-0.2, 0) is 19.1 Å². The maximum atomic E-state index is 17.3. The van der Waals surface area contributed by atoms with Crippen LogP contribution in [0.2, 0.25) is 0 Å². The molecule has 3 saturated carbocycles. The van der Waals surface area contributed by atoms with E-state index in [9.17, 15) is 28.3 Å². The quantitative estimate of drug-likeness (QED) is 0.371. The number of hydrogen-bond donors (Lipinski definition) is 1. The van der Waals surface area contributed by atoms with Crippen molar-refractivity contribution in [1.29, 1.82) is 0 Å². The Morgan fingerprint density at radius 2 is 1.92 bits per heavy atom. The van der Waals surface area contributed by atoms with Gasteiger partial charge in [0.25, 0.3) is 0 Å². The van der Waals surface area contributed by atoms with Crippen molar-refractivity contribution in [2.45, 2.75) is 96.4 Å². The summed E-state index contributed by atoms with van der Waals surface area (Å²) in [6.45, 7) is 5.58. The van der Waals surface area contributed by atoms with Gasteiger partial charge in [-0.3, -0.25) is 14.4 Å². The van der Waals surface area contributed by atoms with Gasteiger partial charge in [-0.1, -0.05) is 39.7 Å². The fraction of sp³-hybridized carbons (Fsp3) is 0.750. The highest BCUT2D eigenvalue weighted by molar-refractivity contribution is 6.04. The Morgan fingerprint density at radius 3 is 2.56 bits per heavy atom. The number of unbranched alkanes of at least 4 members (excludes halogenated alkanes) is 2. The molecule has 0 aromatic carbocycles. The number of hydrogen-bond acceptors (Lipinski definition) is 5. The smallest absolute Gasteiger partial charge is 0.306 e. The van der Waals surface area contributed by atoms with Crippen molar-refractivity contribution in [1.82, 2.24) is 0 Å². The van der Waals surface area contributed by atoms with Crippen LogP contribution in [-0.4, -0.2) is 46.7 Å². The lowest BCUT2D eigenvalue weighted by Gasteiger charge is -2.62. The Balaban J connectivity index is 1.78. The Kier molecular flexibility index (Phi) is 6.85. The van der Waals surface area contributed by atoms with Gasteiger partial charge in [0.1, 0.15) is 0 Å². The van der Waals surface area contributed by atoms with Gasteiger partial charge in [0.05, 0.1) is 6.10 Å². The van der Waals surface area contributed by atoms with E-state index in [1.807, 2.05) is 6.92 Å². The Morgan fingerprint density at radius 1 is 1.22 bits per heavy atom. The van der Waals surface area contributed by atoms with Gasteiger partial charge in [-0.25, -0.2) is 13.2 Å². The molecular formula is C28H37F3O5. The van der Waals surface area contributed by atoms with Gasteiger partial charge in [0, 0.05) is 29.1 Å². The molecule has 4 aliphatic rings. The molecule has 0 bridgehead atoms. The molecule has 36 heavy (non-hydrogen) atoms. The van der Waals surface area contributed by atoms with Crippen molar-refractivity contribution in [3.8, 4) is 0 Å². The number of fused-ring (bicyclic) bond motifs is 5. The molecule has 3 fully saturated rings. The number of halogens is 3. The van der Waals surface area contributed by atoms with E-state index in [2.05, 4.69) is 0 Å². The van der Waals surface area contributed by atoms with Crippen LogP contribution >= 0.6 is 0 Å². The summed E-state index contributed by atoms with van der Waals surface area (Å²) in [5, 5.41) is 11.4. The third-order valence-corrected chi connectivity index (χ3v) is 10.1. The number of carbonyl (C=O) groups excluding carboxylic acids is 3. The fourth-order valence-electron chi connectivity index (χ4n) is 8.33. The molecule has 5 nitrogen and oxygen atoms in total. The molecule has 0 radical (unpaired) electrons. The molecule has 0 unspecified atom stereocenters. The van der Waals surface area contributed by atoms with E-state index in [1.165, 1.54) is 13.0 Å². The SMILES string of the molecule is CCCCCC(=O)O[C@]1(C(=O)CF)[C@@H](C)C[C@H]2[C@@H]3CCC4=C(F)C(=O)C=C[C@]4(C)[C@@]3(F)[C@@H](O)C[C@@]21C. The highest BCUT2D eigenvalue weighted by atomic mass is 19.1. The zero-order valence-corrected chi connectivity index (χ0v) is 21.5. The fourth-order valence-corrected chi connectivity index (χ4v) is 8.33. The normalized spacial score (nSPS) is 43.6. The van der Waals surface area contributed by atoms with Crippen molar-refractivity contribution in [3.05, 3.63) is 23.6 Å². The predicted molar refractivity (Wildman–Crippen MR) is 127 cm³/mol. The largest absolute Gasteiger partial charge is 0.450 e. The summed E-state index contributed by atoms with van der Waals surface area (Å²) < 4.78 is 52.1. The number of allylic oxidation sites excluding steroid dienone is 4.